The van der Waals surface area contributed by atoms with Gasteiger partial charge in [0.2, 0.25) is 0 Å². The summed E-state index contributed by atoms with van der Waals surface area (Å²) in [5.74, 6) is 1.39. The van der Waals surface area contributed by atoms with Crippen LogP contribution in [0.2, 0.25) is 5.02 Å². The van der Waals surface area contributed by atoms with Crippen molar-refractivity contribution in [3.05, 3.63) is 22.7 Å². The summed E-state index contributed by atoms with van der Waals surface area (Å²) in [5.41, 5.74) is 1.08. The van der Waals surface area contributed by atoms with E-state index in [9.17, 15) is 5.11 Å². The maximum absolute atomic E-state index is 9.89. The maximum Gasteiger partial charge on any atom is 0.162 e. The molecule has 3 rings (SSSR count). The highest BCUT2D eigenvalue weighted by Gasteiger charge is 2.28. The first-order chi connectivity index (χ1) is 12.1. The Morgan fingerprint density at radius 2 is 1.76 bits per heavy atom. The van der Waals surface area contributed by atoms with Crippen molar-refractivity contribution in [1.29, 1.82) is 0 Å². The number of nitrogens with zero attached hydrogens (tertiary/aromatic N) is 2. The largest absolute Gasteiger partial charge is 0.493 e. The average Bonchev–Trinajstić information content (AvgIpc) is 2.63. The third-order valence-electron chi connectivity index (χ3n) is 5.45. The minimum atomic E-state index is -0.141. The van der Waals surface area contributed by atoms with Crippen LogP contribution >= 0.6 is 11.6 Å². The van der Waals surface area contributed by atoms with Crippen molar-refractivity contribution in [2.45, 2.75) is 44.4 Å². The van der Waals surface area contributed by atoms with Crippen molar-refractivity contribution in [1.82, 2.24) is 9.80 Å². The lowest BCUT2D eigenvalue weighted by atomic mass is 9.98. The molecule has 2 aliphatic rings. The van der Waals surface area contributed by atoms with E-state index >= 15 is 0 Å². The predicted molar refractivity (Wildman–Crippen MR) is 99.7 cm³/mol. The summed E-state index contributed by atoms with van der Waals surface area (Å²) in [7, 11) is 3.27. The van der Waals surface area contributed by atoms with Gasteiger partial charge in [-0.2, -0.15) is 0 Å². The molecule has 0 spiro atoms. The van der Waals surface area contributed by atoms with Crippen molar-refractivity contribution in [2.75, 3.05) is 40.4 Å². The summed E-state index contributed by atoms with van der Waals surface area (Å²) in [5, 5.41) is 10.6. The van der Waals surface area contributed by atoms with Crippen LogP contribution in [-0.4, -0.2) is 67.5 Å². The lowest BCUT2D eigenvalue weighted by Crippen LogP contribution is -2.49. The molecular weight excluding hydrogens is 340 g/mol. The van der Waals surface area contributed by atoms with E-state index in [4.69, 9.17) is 21.1 Å². The Balaban J connectivity index is 1.57. The highest BCUT2D eigenvalue weighted by atomic mass is 35.5. The average molecular weight is 369 g/mol. The Labute approximate surface area is 155 Å². The van der Waals surface area contributed by atoms with E-state index < -0.39 is 0 Å². The number of benzene rings is 1. The number of β-amino-alcohol motifs (C(OH)–C–C–N with tert-alkyl or cyclic N) is 1. The van der Waals surface area contributed by atoms with Crippen molar-refractivity contribution < 1.29 is 14.6 Å². The van der Waals surface area contributed by atoms with E-state index in [1.54, 1.807) is 14.2 Å². The van der Waals surface area contributed by atoms with Crippen LogP contribution in [0.1, 0.15) is 31.2 Å². The van der Waals surface area contributed by atoms with E-state index in [0.29, 0.717) is 11.8 Å². The highest BCUT2D eigenvalue weighted by Crippen LogP contribution is 2.34. The number of ether oxygens (including phenoxy) is 2. The zero-order valence-electron chi connectivity index (χ0n) is 15.2. The second-order valence-corrected chi connectivity index (χ2v) is 7.50. The number of piperidine rings is 2. The third-order valence-corrected chi connectivity index (χ3v) is 5.80. The van der Waals surface area contributed by atoms with Crippen LogP contribution in [0.4, 0.5) is 0 Å². The molecule has 0 aromatic heterocycles. The second-order valence-electron chi connectivity index (χ2n) is 7.10. The summed E-state index contributed by atoms with van der Waals surface area (Å²) >= 11 is 6.42. The zero-order chi connectivity index (χ0) is 17.8. The van der Waals surface area contributed by atoms with Gasteiger partial charge in [-0.15, -0.1) is 0 Å². The Morgan fingerprint density at radius 3 is 2.40 bits per heavy atom. The number of rotatable bonds is 5. The van der Waals surface area contributed by atoms with Crippen molar-refractivity contribution in [3.8, 4) is 11.5 Å². The molecule has 0 bridgehead atoms. The van der Waals surface area contributed by atoms with E-state index in [-0.39, 0.29) is 6.10 Å². The third kappa shape index (κ3) is 4.59. The maximum atomic E-state index is 9.89. The fourth-order valence-electron chi connectivity index (χ4n) is 4.02. The lowest BCUT2D eigenvalue weighted by molar-refractivity contribution is 0.0243. The first-order valence-corrected chi connectivity index (χ1v) is 9.53. The van der Waals surface area contributed by atoms with Crippen LogP contribution in [0, 0.1) is 0 Å². The summed E-state index contributed by atoms with van der Waals surface area (Å²) in [4.78, 5) is 4.93. The quantitative estimate of drug-likeness (QED) is 0.865. The van der Waals surface area contributed by atoms with Gasteiger partial charge in [-0.05, 0) is 56.9 Å². The van der Waals surface area contributed by atoms with Gasteiger partial charge in [0.15, 0.2) is 11.5 Å². The summed E-state index contributed by atoms with van der Waals surface area (Å²) in [6, 6.07) is 4.42. The molecule has 0 aliphatic carbocycles. The van der Waals surface area contributed by atoms with Crippen LogP contribution in [-0.2, 0) is 6.54 Å². The van der Waals surface area contributed by atoms with Crippen LogP contribution in [0.15, 0.2) is 12.1 Å². The van der Waals surface area contributed by atoms with Crippen molar-refractivity contribution in [2.24, 2.45) is 0 Å². The number of hydrogen-bond acceptors (Lipinski definition) is 5. The van der Waals surface area contributed by atoms with Crippen LogP contribution in [0.25, 0.3) is 0 Å². The fourth-order valence-corrected chi connectivity index (χ4v) is 4.23. The number of likely N-dealkylation sites (tertiary alicyclic amines) is 2. The molecule has 2 saturated heterocycles. The van der Waals surface area contributed by atoms with Gasteiger partial charge in [0.1, 0.15) is 0 Å². The highest BCUT2D eigenvalue weighted by molar-refractivity contribution is 6.31. The Kier molecular flexibility index (Phi) is 6.44. The summed E-state index contributed by atoms with van der Waals surface area (Å²) in [6.45, 7) is 4.91. The molecule has 1 unspecified atom stereocenters. The fraction of sp³-hybridized carbons (Fsp3) is 0.684. The minimum Gasteiger partial charge on any atom is -0.493 e. The van der Waals surface area contributed by atoms with E-state index in [1.807, 2.05) is 12.1 Å². The molecule has 2 heterocycles. The Hall–Kier alpha value is -1.01. The molecule has 25 heavy (non-hydrogen) atoms. The molecule has 0 amide bonds. The number of hydrogen-bond donors (Lipinski definition) is 1. The molecule has 1 aromatic rings. The summed E-state index contributed by atoms with van der Waals surface area (Å²) in [6.07, 6.45) is 4.22. The monoisotopic (exact) mass is 368 g/mol. The standard InChI is InChI=1S/C19H29ClN2O3/c1-24-18-10-14(17(20)11-19(18)25-2)12-21-8-5-15(6-9-21)22-7-3-4-16(23)13-22/h10-11,15-16,23H,3-9,12-13H2,1-2H3. The van der Waals surface area contributed by atoms with Crippen molar-refractivity contribution >= 4 is 11.6 Å². The van der Waals surface area contributed by atoms with Crippen molar-refractivity contribution in [3.63, 3.8) is 0 Å². The Morgan fingerprint density at radius 1 is 1.08 bits per heavy atom. The van der Waals surface area contributed by atoms with Crippen LogP contribution in [0.3, 0.4) is 0 Å². The molecule has 6 heteroatoms. The molecule has 1 N–H and O–H groups in total. The predicted octanol–water partition coefficient (Wildman–Crippen LogP) is 2.78. The summed E-state index contributed by atoms with van der Waals surface area (Å²) < 4.78 is 10.7. The van der Waals surface area contributed by atoms with E-state index in [0.717, 1.165) is 74.7 Å². The van der Waals surface area contributed by atoms with E-state index in [2.05, 4.69) is 9.80 Å². The molecule has 0 saturated carbocycles. The first-order valence-electron chi connectivity index (χ1n) is 9.15. The van der Waals surface area contributed by atoms with Gasteiger partial charge in [-0.1, -0.05) is 11.6 Å². The number of halogens is 1. The minimum absolute atomic E-state index is 0.141. The SMILES string of the molecule is COc1cc(Cl)c(CN2CCC(N3CCCC(O)C3)CC2)cc1OC. The molecule has 1 atom stereocenters. The number of methoxy groups -OCH3 is 2. The van der Waals surface area contributed by atoms with Gasteiger partial charge in [-0.3, -0.25) is 9.80 Å². The van der Waals surface area contributed by atoms with Gasteiger partial charge >= 0.3 is 0 Å². The Bertz CT molecular complexity index is 576. The molecule has 2 fully saturated rings. The molecule has 2 aliphatic heterocycles. The van der Waals surface area contributed by atoms with Gasteiger partial charge in [-0.25, -0.2) is 0 Å². The number of aliphatic hydroxyl groups excluding tert-OH is 1. The molecule has 140 valence electrons. The topological polar surface area (TPSA) is 45.2 Å². The van der Waals surface area contributed by atoms with Gasteiger partial charge in [0.25, 0.3) is 0 Å². The molecule has 1 aromatic carbocycles. The van der Waals surface area contributed by atoms with Crippen LogP contribution < -0.4 is 9.47 Å². The first kappa shape index (κ1) is 18.8. The molecule has 5 nitrogen and oxygen atoms in total. The molecule has 0 radical (unpaired) electrons. The van der Waals surface area contributed by atoms with Gasteiger partial charge in [0, 0.05) is 30.2 Å². The second kappa shape index (κ2) is 8.58. The van der Waals surface area contributed by atoms with E-state index in [1.165, 1.54) is 0 Å². The number of aliphatic hydroxyl groups is 1. The molecular formula is C19H29ClN2O3. The zero-order valence-corrected chi connectivity index (χ0v) is 16.0. The van der Waals surface area contributed by atoms with Gasteiger partial charge in [0.05, 0.1) is 20.3 Å². The van der Waals surface area contributed by atoms with Gasteiger partial charge < -0.3 is 14.6 Å². The van der Waals surface area contributed by atoms with Crippen LogP contribution in [0.5, 0.6) is 11.5 Å². The lowest BCUT2D eigenvalue weighted by Gasteiger charge is -2.41. The normalized spacial score (nSPS) is 23.6. The smallest absolute Gasteiger partial charge is 0.162 e.